The lowest BCUT2D eigenvalue weighted by atomic mass is 10.00. The standard InChI is InChI=1S/C20H18FN3O3/c21-15-4-3-5-16(12-15)25-10-11-27-23-20-17-6-1-2-7-19(17)26-13-18(20)24-9-8-22-14-24/h1-9,12,14,18H,10-11,13H2/b23-20+. The molecule has 4 rings (SSSR count). The van der Waals surface area contributed by atoms with E-state index in [-0.39, 0.29) is 25.1 Å². The van der Waals surface area contributed by atoms with E-state index in [2.05, 4.69) is 10.1 Å². The zero-order valence-corrected chi connectivity index (χ0v) is 14.5. The summed E-state index contributed by atoms with van der Waals surface area (Å²) < 4.78 is 26.4. The van der Waals surface area contributed by atoms with Crippen LogP contribution in [0, 0.1) is 5.82 Å². The Kier molecular flexibility index (Phi) is 5.00. The Morgan fingerprint density at radius 3 is 2.96 bits per heavy atom. The van der Waals surface area contributed by atoms with E-state index < -0.39 is 0 Å². The molecule has 0 bridgehead atoms. The van der Waals surface area contributed by atoms with Crippen molar-refractivity contribution >= 4 is 5.71 Å². The van der Waals surface area contributed by atoms with Gasteiger partial charge in [-0.05, 0) is 24.3 Å². The first kappa shape index (κ1) is 17.1. The van der Waals surface area contributed by atoms with Crippen molar-refractivity contribution in [3.05, 3.63) is 78.6 Å². The fourth-order valence-electron chi connectivity index (χ4n) is 2.89. The van der Waals surface area contributed by atoms with Crippen LogP contribution in [0.5, 0.6) is 11.5 Å². The van der Waals surface area contributed by atoms with Gasteiger partial charge < -0.3 is 18.9 Å². The molecular formula is C20H18FN3O3. The molecule has 0 radical (unpaired) electrons. The highest BCUT2D eigenvalue weighted by Crippen LogP contribution is 2.30. The van der Waals surface area contributed by atoms with Gasteiger partial charge in [-0.15, -0.1) is 0 Å². The Bertz CT molecular complexity index is 928. The summed E-state index contributed by atoms with van der Waals surface area (Å²) in [6, 6.07) is 13.6. The second-order valence-corrected chi connectivity index (χ2v) is 5.95. The fourth-order valence-corrected chi connectivity index (χ4v) is 2.89. The van der Waals surface area contributed by atoms with Crippen LogP contribution in [0.4, 0.5) is 4.39 Å². The van der Waals surface area contributed by atoms with Crippen LogP contribution in [0.25, 0.3) is 0 Å². The number of hydrogen-bond acceptors (Lipinski definition) is 5. The maximum absolute atomic E-state index is 13.2. The second kappa shape index (κ2) is 7.90. The number of aromatic nitrogens is 2. The van der Waals surface area contributed by atoms with Gasteiger partial charge in [-0.3, -0.25) is 0 Å². The van der Waals surface area contributed by atoms with Crippen LogP contribution in [0.1, 0.15) is 11.6 Å². The molecule has 7 heteroatoms. The molecule has 0 fully saturated rings. The Morgan fingerprint density at radius 1 is 1.19 bits per heavy atom. The normalized spacial score (nSPS) is 17.2. The van der Waals surface area contributed by atoms with Crippen LogP contribution in [-0.2, 0) is 4.84 Å². The second-order valence-electron chi connectivity index (χ2n) is 5.95. The first-order chi connectivity index (χ1) is 13.3. The van der Waals surface area contributed by atoms with Crippen molar-refractivity contribution in [1.82, 2.24) is 9.55 Å². The molecule has 27 heavy (non-hydrogen) atoms. The molecule has 6 nitrogen and oxygen atoms in total. The smallest absolute Gasteiger partial charge is 0.151 e. The van der Waals surface area contributed by atoms with Gasteiger partial charge in [0.1, 0.15) is 42.3 Å². The van der Waals surface area contributed by atoms with E-state index in [1.807, 2.05) is 35.0 Å². The van der Waals surface area contributed by atoms with E-state index >= 15 is 0 Å². The van der Waals surface area contributed by atoms with Crippen LogP contribution < -0.4 is 9.47 Å². The zero-order valence-electron chi connectivity index (χ0n) is 14.5. The molecule has 0 N–H and O–H groups in total. The van der Waals surface area contributed by atoms with E-state index in [0.29, 0.717) is 12.4 Å². The van der Waals surface area contributed by atoms with Crippen LogP contribution >= 0.6 is 0 Å². The fraction of sp³-hybridized carbons (Fsp3) is 0.200. The molecule has 0 amide bonds. The molecule has 2 aromatic carbocycles. The maximum atomic E-state index is 13.2. The third kappa shape index (κ3) is 3.92. The SMILES string of the molecule is Fc1cccc(OCCO/N=C2\c3ccccc3OCC2n2ccnc2)c1. The molecule has 1 aromatic heterocycles. The number of para-hydroxylation sites is 1. The van der Waals surface area contributed by atoms with Crippen molar-refractivity contribution in [2.75, 3.05) is 19.8 Å². The van der Waals surface area contributed by atoms with Gasteiger partial charge in [-0.25, -0.2) is 9.37 Å². The molecule has 0 saturated carbocycles. The third-order valence-corrected chi connectivity index (χ3v) is 4.16. The van der Waals surface area contributed by atoms with Gasteiger partial charge in [0.05, 0.1) is 6.33 Å². The molecule has 1 atom stereocenters. The molecule has 0 spiro atoms. The average Bonchev–Trinajstić information content (AvgIpc) is 3.22. The average molecular weight is 367 g/mol. The number of benzene rings is 2. The van der Waals surface area contributed by atoms with E-state index in [0.717, 1.165) is 17.0 Å². The molecule has 1 aliphatic heterocycles. The summed E-state index contributed by atoms with van der Waals surface area (Å²) in [5.41, 5.74) is 1.65. The van der Waals surface area contributed by atoms with Crippen LogP contribution in [0.15, 0.2) is 72.4 Å². The van der Waals surface area contributed by atoms with E-state index in [9.17, 15) is 4.39 Å². The Morgan fingerprint density at radius 2 is 2.11 bits per heavy atom. The summed E-state index contributed by atoms with van der Waals surface area (Å²) in [6.07, 6.45) is 5.31. The number of imidazole rings is 1. The van der Waals surface area contributed by atoms with Gasteiger partial charge >= 0.3 is 0 Å². The van der Waals surface area contributed by atoms with Crippen LogP contribution in [-0.4, -0.2) is 35.1 Å². The highest BCUT2D eigenvalue weighted by molar-refractivity contribution is 6.06. The van der Waals surface area contributed by atoms with E-state index in [4.69, 9.17) is 14.3 Å². The summed E-state index contributed by atoms with van der Waals surface area (Å²) in [7, 11) is 0. The predicted molar refractivity (Wildman–Crippen MR) is 97.6 cm³/mol. The van der Waals surface area contributed by atoms with E-state index in [1.54, 1.807) is 24.7 Å². The molecular weight excluding hydrogens is 349 g/mol. The van der Waals surface area contributed by atoms with Crippen molar-refractivity contribution < 1.29 is 18.7 Å². The number of oxime groups is 1. The monoisotopic (exact) mass is 367 g/mol. The summed E-state index contributed by atoms with van der Waals surface area (Å²) >= 11 is 0. The van der Waals surface area contributed by atoms with E-state index in [1.165, 1.54) is 12.1 Å². The molecule has 1 aliphatic rings. The molecule has 3 aromatic rings. The summed E-state index contributed by atoms with van der Waals surface area (Å²) in [5, 5.41) is 4.34. The van der Waals surface area contributed by atoms with Gasteiger partial charge in [0, 0.05) is 24.0 Å². The minimum absolute atomic E-state index is 0.133. The minimum atomic E-state index is -0.337. The maximum Gasteiger partial charge on any atom is 0.151 e. The van der Waals surface area contributed by atoms with Gasteiger partial charge in [-0.1, -0.05) is 23.4 Å². The molecule has 1 unspecified atom stereocenters. The van der Waals surface area contributed by atoms with Gasteiger partial charge in [0.15, 0.2) is 6.61 Å². The number of ether oxygens (including phenoxy) is 2. The van der Waals surface area contributed by atoms with Crippen LogP contribution in [0.3, 0.4) is 0 Å². The van der Waals surface area contributed by atoms with Crippen molar-refractivity contribution in [2.24, 2.45) is 5.16 Å². The topological polar surface area (TPSA) is 57.9 Å². The van der Waals surface area contributed by atoms with Crippen molar-refractivity contribution in [3.63, 3.8) is 0 Å². The van der Waals surface area contributed by atoms with Gasteiger partial charge in [0.25, 0.3) is 0 Å². The third-order valence-electron chi connectivity index (χ3n) is 4.16. The summed E-state index contributed by atoms with van der Waals surface area (Å²) in [5.74, 6) is 0.891. The zero-order chi connectivity index (χ0) is 18.5. The minimum Gasteiger partial charge on any atom is -0.490 e. The molecule has 2 heterocycles. The highest BCUT2D eigenvalue weighted by atomic mass is 19.1. The number of hydrogen-bond donors (Lipinski definition) is 0. The van der Waals surface area contributed by atoms with Crippen molar-refractivity contribution in [3.8, 4) is 11.5 Å². The number of fused-ring (bicyclic) bond motifs is 1. The number of nitrogens with zero attached hydrogens (tertiary/aromatic N) is 3. The highest BCUT2D eigenvalue weighted by Gasteiger charge is 2.28. The first-order valence-electron chi connectivity index (χ1n) is 8.59. The lowest BCUT2D eigenvalue weighted by Gasteiger charge is -2.27. The van der Waals surface area contributed by atoms with Crippen molar-refractivity contribution in [1.29, 1.82) is 0 Å². The van der Waals surface area contributed by atoms with Crippen LogP contribution in [0.2, 0.25) is 0 Å². The molecule has 0 aliphatic carbocycles. The Hall–Kier alpha value is -3.35. The number of rotatable bonds is 6. The summed E-state index contributed by atoms with van der Waals surface area (Å²) in [4.78, 5) is 9.59. The Labute approximate surface area is 155 Å². The lowest BCUT2D eigenvalue weighted by Crippen LogP contribution is -2.31. The van der Waals surface area contributed by atoms with Gasteiger partial charge in [0.2, 0.25) is 0 Å². The lowest BCUT2D eigenvalue weighted by molar-refractivity contribution is 0.105. The molecule has 0 saturated heterocycles. The predicted octanol–water partition coefficient (Wildman–Crippen LogP) is 3.46. The van der Waals surface area contributed by atoms with Gasteiger partial charge in [-0.2, -0.15) is 0 Å². The quantitative estimate of drug-likeness (QED) is 0.495. The first-order valence-corrected chi connectivity index (χ1v) is 8.59. The summed E-state index contributed by atoms with van der Waals surface area (Å²) in [6.45, 7) is 0.934. The van der Waals surface area contributed by atoms with Crippen molar-refractivity contribution in [2.45, 2.75) is 6.04 Å². The largest absolute Gasteiger partial charge is 0.490 e. The number of halogens is 1. The molecule has 138 valence electrons. The Balaban J connectivity index is 1.45.